The van der Waals surface area contributed by atoms with Crippen molar-refractivity contribution in [2.45, 2.75) is 33.6 Å². The molecule has 0 saturated carbocycles. The van der Waals surface area contributed by atoms with Crippen LogP contribution >= 0.6 is 22.6 Å². The molecule has 6 heteroatoms. The Kier molecular flexibility index (Phi) is 5.84. The maximum Gasteiger partial charge on any atom is 0.180 e. The minimum absolute atomic E-state index is 0.547. The fourth-order valence-electron chi connectivity index (χ4n) is 1.91. The van der Waals surface area contributed by atoms with E-state index in [1.165, 1.54) is 6.33 Å². The first-order valence-electron chi connectivity index (χ1n) is 7.18. The summed E-state index contributed by atoms with van der Waals surface area (Å²) in [5, 5.41) is 3.38. The molecule has 0 aliphatic carbocycles. The van der Waals surface area contributed by atoms with E-state index >= 15 is 0 Å². The van der Waals surface area contributed by atoms with E-state index in [1.807, 2.05) is 6.07 Å². The van der Waals surface area contributed by atoms with Crippen molar-refractivity contribution in [3.63, 3.8) is 0 Å². The standard InChI is InChI=1S/C15H20IN5/c1-4-6-18-15-13(16)12(8-10(2)3)20-14(21-15)11-5-7-17-9-19-11/h5,7,9-10H,4,6,8H2,1-3H3,(H,18,20,21). The summed E-state index contributed by atoms with van der Waals surface area (Å²) in [6, 6.07) is 1.84. The molecule has 0 bridgehead atoms. The first-order chi connectivity index (χ1) is 10.1. The topological polar surface area (TPSA) is 63.6 Å². The predicted molar refractivity (Wildman–Crippen MR) is 93.1 cm³/mol. The third-order valence-corrected chi connectivity index (χ3v) is 4.01. The zero-order valence-electron chi connectivity index (χ0n) is 12.6. The molecule has 0 unspecified atom stereocenters. The van der Waals surface area contributed by atoms with Gasteiger partial charge >= 0.3 is 0 Å². The van der Waals surface area contributed by atoms with E-state index in [1.54, 1.807) is 6.20 Å². The fraction of sp³-hybridized carbons (Fsp3) is 0.467. The molecular weight excluding hydrogens is 377 g/mol. The summed E-state index contributed by atoms with van der Waals surface area (Å²) in [5.74, 6) is 2.11. The van der Waals surface area contributed by atoms with Gasteiger partial charge in [-0.25, -0.2) is 19.9 Å². The third kappa shape index (κ3) is 4.33. The smallest absolute Gasteiger partial charge is 0.180 e. The Labute approximate surface area is 139 Å². The summed E-state index contributed by atoms with van der Waals surface area (Å²) >= 11 is 2.33. The van der Waals surface area contributed by atoms with Crippen LogP contribution in [0.25, 0.3) is 11.5 Å². The molecule has 0 radical (unpaired) electrons. The van der Waals surface area contributed by atoms with Crippen LogP contribution in [-0.4, -0.2) is 26.5 Å². The molecule has 0 atom stereocenters. The average Bonchev–Trinajstić information content (AvgIpc) is 2.48. The number of aromatic nitrogens is 4. The number of rotatable bonds is 6. The quantitative estimate of drug-likeness (QED) is 0.756. The van der Waals surface area contributed by atoms with Crippen LogP contribution in [-0.2, 0) is 6.42 Å². The van der Waals surface area contributed by atoms with Crippen LogP contribution in [0.2, 0.25) is 0 Å². The number of nitrogens with one attached hydrogen (secondary N) is 1. The van der Waals surface area contributed by atoms with E-state index in [4.69, 9.17) is 4.98 Å². The van der Waals surface area contributed by atoms with Crippen LogP contribution in [0, 0.1) is 9.49 Å². The molecule has 2 rings (SSSR count). The van der Waals surface area contributed by atoms with E-state index in [2.05, 4.69) is 63.6 Å². The largest absolute Gasteiger partial charge is 0.369 e. The van der Waals surface area contributed by atoms with Crippen molar-refractivity contribution in [1.29, 1.82) is 0 Å². The Hall–Kier alpha value is -1.31. The van der Waals surface area contributed by atoms with Gasteiger partial charge in [0.15, 0.2) is 5.82 Å². The Bertz CT molecular complexity index is 586. The van der Waals surface area contributed by atoms with Crippen molar-refractivity contribution >= 4 is 28.4 Å². The molecule has 2 aromatic heterocycles. The van der Waals surface area contributed by atoms with Gasteiger partial charge < -0.3 is 5.32 Å². The lowest BCUT2D eigenvalue weighted by Gasteiger charge is -2.13. The van der Waals surface area contributed by atoms with Gasteiger partial charge in [-0.15, -0.1) is 0 Å². The third-order valence-electron chi connectivity index (χ3n) is 2.87. The Morgan fingerprint density at radius 3 is 2.71 bits per heavy atom. The second kappa shape index (κ2) is 7.63. The first-order valence-corrected chi connectivity index (χ1v) is 8.26. The summed E-state index contributed by atoms with van der Waals surface area (Å²) < 4.78 is 1.10. The molecule has 0 saturated heterocycles. The van der Waals surface area contributed by atoms with Gasteiger partial charge in [-0.2, -0.15) is 0 Å². The average molecular weight is 397 g/mol. The predicted octanol–water partition coefficient (Wildman–Crippen LogP) is 3.56. The van der Waals surface area contributed by atoms with Gasteiger partial charge in [0.1, 0.15) is 17.8 Å². The summed E-state index contributed by atoms with van der Waals surface area (Å²) in [4.78, 5) is 17.5. The van der Waals surface area contributed by atoms with E-state index in [0.29, 0.717) is 11.7 Å². The van der Waals surface area contributed by atoms with E-state index in [-0.39, 0.29) is 0 Å². The van der Waals surface area contributed by atoms with Crippen molar-refractivity contribution in [2.24, 2.45) is 5.92 Å². The lowest BCUT2D eigenvalue weighted by atomic mass is 10.1. The van der Waals surface area contributed by atoms with Crippen LogP contribution < -0.4 is 5.32 Å². The highest BCUT2D eigenvalue weighted by Crippen LogP contribution is 2.24. The van der Waals surface area contributed by atoms with Gasteiger partial charge in [-0.1, -0.05) is 20.8 Å². The van der Waals surface area contributed by atoms with Crippen molar-refractivity contribution in [2.75, 3.05) is 11.9 Å². The number of anilines is 1. The zero-order valence-corrected chi connectivity index (χ0v) is 14.8. The molecule has 5 nitrogen and oxygen atoms in total. The molecule has 0 aliphatic rings. The number of hydrogen-bond donors (Lipinski definition) is 1. The molecule has 2 heterocycles. The molecule has 0 aliphatic heterocycles. The zero-order chi connectivity index (χ0) is 15.2. The summed E-state index contributed by atoms with van der Waals surface area (Å²) in [7, 11) is 0. The van der Waals surface area contributed by atoms with Crippen molar-refractivity contribution in [3.8, 4) is 11.5 Å². The number of halogens is 1. The lowest BCUT2D eigenvalue weighted by Crippen LogP contribution is -2.11. The van der Waals surface area contributed by atoms with Crippen LogP contribution in [0.15, 0.2) is 18.6 Å². The second-order valence-electron chi connectivity index (χ2n) is 5.28. The van der Waals surface area contributed by atoms with Crippen LogP contribution in [0.5, 0.6) is 0 Å². The lowest BCUT2D eigenvalue weighted by molar-refractivity contribution is 0.632. The SMILES string of the molecule is CCCNc1nc(-c2ccncn2)nc(CC(C)C)c1I. The first kappa shape index (κ1) is 16.1. The highest BCUT2D eigenvalue weighted by Gasteiger charge is 2.14. The Morgan fingerprint density at radius 2 is 2.10 bits per heavy atom. The summed E-state index contributed by atoms with van der Waals surface area (Å²) in [6.45, 7) is 7.43. The van der Waals surface area contributed by atoms with E-state index in [0.717, 1.165) is 40.2 Å². The maximum absolute atomic E-state index is 4.70. The molecule has 112 valence electrons. The second-order valence-corrected chi connectivity index (χ2v) is 6.35. The molecule has 0 fully saturated rings. The summed E-state index contributed by atoms with van der Waals surface area (Å²) in [6.07, 6.45) is 5.23. The minimum atomic E-state index is 0.547. The van der Waals surface area contributed by atoms with Gasteiger partial charge in [0.05, 0.1) is 9.26 Å². The monoisotopic (exact) mass is 397 g/mol. The minimum Gasteiger partial charge on any atom is -0.369 e. The molecule has 2 aromatic rings. The van der Waals surface area contributed by atoms with Gasteiger partial charge in [0.2, 0.25) is 0 Å². The Balaban J connectivity index is 2.45. The van der Waals surface area contributed by atoms with Crippen LogP contribution in [0.3, 0.4) is 0 Å². The molecule has 21 heavy (non-hydrogen) atoms. The fourth-order valence-corrected chi connectivity index (χ4v) is 2.57. The van der Waals surface area contributed by atoms with E-state index < -0.39 is 0 Å². The van der Waals surface area contributed by atoms with Crippen LogP contribution in [0.1, 0.15) is 32.9 Å². The van der Waals surface area contributed by atoms with Gasteiger partial charge in [-0.3, -0.25) is 0 Å². The van der Waals surface area contributed by atoms with Crippen LogP contribution in [0.4, 0.5) is 5.82 Å². The Morgan fingerprint density at radius 1 is 1.29 bits per heavy atom. The molecule has 0 aromatic carbocycles. The van der Waals surface area contributed by atoms with Crippen molar-refractivity contribution < 1.29 is 0 Å². The number of hydrogen-bond acceptors (Lipinski definition) is 5. The maximum atomic E-state index is 4.70. The van der Waals surface area contributed by atoms with Crippen molar-refractivity contribution in [1.82, 2.24) is 19.9 Å². The normalized spacial score (nSPS) is 10.9. The van der Waals surface area contributed by atoms with Gasteiger partial charge in [0.25, 0.3) is 0 Å². The van der Waals surface area contributed by atoms with Gasteiger partial charge in [0, 0.05) is 12.7 Å². The van der Waals surface area contributed by atoms with Gasteiger partial charge in [-0.05, 0) is 47.4 Å². The summed E-state index contributed by atoms with van der Waals surface area (Å²) in [5.41, 5.74) is 1.83. The molecule has 1 N–H and O–H groups in total. The molecular formula is C15H20IN5. The molecule has 0 spiro atoms. The highest BCUT2D eigenvalue weighted by atomic mass is 127. The van der Waals surface area contributed by atoms with E-state index in [9.17, 15) is 0 Å². The van der Waals surface area contributed by atoms with Crippen molar-refractivity contribution in [3.05, 3.63) is 27.9 Å². The molecule has 0 amide bonds. The number of nitrogens with zero attached hydrogens (tertiary/aromatic N) is 4. The highest BCUT2D eigenvalue weighted by molar-refractivity contribution is 14.1.